The molecule has 0 N–H and O–H groups in total. The fourth-order valence-corrected chi connectivity index (χ4v) is 6.97. The smallest absolute Gasteiger partial charge is 0.419 e. The van der Waals surface area contributed by atoms with E-state index in [0.29, 0.717) is 25.4 Å². The van der Waals surface area contributed by atoms with Crippen LogP contribution in [0, 0.1) is 11.7 Å². The summed E-state index contributed by atoms with van der Waals surface area (Å²) in [6.07, 6.45) is -8.40. The van der Waals surface area contributed by atoms with E-state index in [2.05, 4.69) is 9.80 Å². The molecule has 46 heavy (non-hydrogen) atoms. The second-order valence-corrected chi connectivity index (χ2v) is 13.0. The number of halogens is 7. The van der Waals surface area contributed by atoms with Crippen LogP contribution in [0.1, 0.15) is 30.0 Å². The van der Waals surface area contributed by atoms with E-state index in [1.807, 2.05) is 29.2 Å². The summed E-state index contributed by atoms with van der Waals surface area (Å²) in [5.41, 5.74) is -0.505. The van der Waals surface area contributed by atoms with Gasteiger partial charge in [0.05, 0.1) is 22.5 Å². The van der Waals surface area contributed by atoms with Crippen molar-refractivity contribution in [1.82, 2.24) is 9.80 Å². The normalized spacial score (nSPS) is 16.6. The largest absolute Gasteiger partial charge is 0.485 e. The van der Waals surface area contributed by atoms with E-state index in [1.165, 1.54) is 30.0 Å². The van der Waals surface area contributed by atoms with Crippen LogP contribution >= 0.6 is 24.0 Å². The molecule has 0 aromatic heterocycles. The monoisotopic (exact) mass is 685 g/mol. The summed E-state index contributed by atoms with van der Waals surface area (Å²) in [5.74, 6) is -1.72. The molecule has 2 aliphatic rings. The minimum atomic E-state index is -4.76. The van der Waals surface area contributed by atoms with Crippen LogP contribution in [0.4, 0.5) is 42.1 Å². The van der Waals surface area contributed by atoms with Gasteiger partial charge in [-0.15, -0.1) is 0 Å². The SMILES string of the molecule is CC(Cc1cccc(C(F)(F)F)c1F)C(=S)OCCN1CCN(CCCN2c3ccccc3Sc3ccc(C(F)(F)F)cc32)CC1. The molecule has 0 aliphatic carbocycles. The first kappa shape index (κ1) is 34.5. The van der Waals surface area contributed by atoms with Crippen molar-refractivity contribution in [3.8, 4) is 0 Å². The average molecular weight is 686 g/mol. The number of rotatable bonds is 10. The fourth-order valence-electron chi connectivity index (χ4n) is 5.72. The first-order chi connectivity index (χ1) is 21.8. The third kappa shape index (κ3) is 8.34. The maximum Gasteiger partial charge on any atom is 0.419 e. The quantitative estimate of drug-likeness (QED) is 0.156. The minimum absolute atomic E-state index is 0.00416. The van der Waals surface area contributed by atoms with E-state index in [9.17, 15) is 30.7 Å². The molecular weight excluding hydrogens is 652 g/mol. The highest BCUT2D eigenvalue weighted by molar-refractivity contribution is 7.99. The molecule has 0 bridgehead atoms. The zero-order chi connectivity index (χ0) is 33.1. The van der Waals surface area contributed by atoms with Gasteiger partial charge < -0.3 is 14.5 Å². The molecule has 0 saturated carbocycles. The predicted octanol–water partition coefficient (Wildman–Crippen LogP) is 8.70. The lowest BCUT2D eigenvalue weighted by Gasteiger charge is -2.36. The number of fused-ring (bicyclic) bond motifs is 2. The number of benzene rings is 3. The van der Waals surface area contributed by atoms with Crippen LogP contribution < -0.4 is 4.90 Å². The first-order valence-corrected chi connectivity index (χ1v) is 16.3. The molecule has 2 aliphatic heterocycles. The Balaban J connectivity index is 1.06. The summed E-state index contributed by atoms with van der Waals surface area (Å²) < 4.78 is 99.8. The lowest BCUT2D eigenvalue weighted by Crippen LogP contribution is -2.47. The second-order valence-electron chi connectivity index (χ2n) is 11.5. The number of hydrogen-bond acceptors (Lipinski definition) is 6. The Hall–Kier alpha value is -2.87. The summed E-state index contributed by atoms with van der Waals surface area (Å²) in [5, 5.41) is 0.233. The summed E-state index contributed by atoms with van der Waals surface area (Å²) in [7, 11) is 0. The molecule has 13 heteroatoms. The molecule has 1 saturated heterocycles. The van der Waals surface area contributed by atoms with Crippen LogP contribution in [0.25, 0.3) is 0 Å². The van der Waals surface area contributed by atoms with E-state index < -0.39 is 35.2 Å². The van der Waals surface area contributed by atoms with E-state index >= 15 is 0 Å². The molecule has 0 radical (unpaired) electrons. The van der Waals surface area contributed by atoms with Gasteiger partial charge in [0.2, 0.25) is 0 Å². The first-order valence-electron chi connectivity index (χ1n) is 15.0. The zero-order valence-corrected chi connectivity index (χ0v) is 26.8. The molecule has 4 nitrogen and oxygen atoms in total. The van der Waals surface area contributed by atoms with E-state index in [0.717, 1.165) is 66.8 Å². The molecule has 1 atom stereocenters. The summed E-state index contributed by atoms with van der Waals surface area (Å²) >= 11 is 6.82. The van der Waals surface area contributed by atoms with Crippen LogP contribution in [0.15, 0.2) is 70.5 Å². The third-order valence-electron chi connectivity index (χ3n) is 8.24. The highest BCUT2D eigenvalue weighted by Crippen LogP contribution is 2.49. The zero-order valence-electron chi connectivity index (χ0n) is 25.1. The van der Waals surface area contributed by atoms with Gasteiger partial charge in [-0.3, -0.25) is 4.90 Å². The van der Waals surface area contributed by atoms with Crippen molar-refractivity contribution in [2.45, 2.75) is 41.9 Å². The number of anilines is 2. The molecule has 1 unspecified atom stereocenters. The molecule has 3 aromatic rings. The van der Waals surface area contributed by atoms with Crippen molar-refractivity contribution >= 4 is 40.4 Å². The molecule has 0 amide bonds. The van der Waals surface area contributed by atoms with Gasteiger partial charge in [-0.1, -0.05) is 43.0 Å². The molecule has 1 fully saturated rings. The molecule has 0 spiro atoms. The van der Waals surface area contributed by atoms with Gasteiger partial charge in [0.1, 0.15) is 12.4 Å². The second kappa shape index (κ2) is 14.5. The Bertz CT molecular complexity index is 1520. The number of alkyl halides is 6. The standard InChI is InChI=1S/C33H34F7N3OS2/c1-22(20-23-6-4-7-25(30(23)34)33(38,39)40)31(45)44-19-18-42-16-14-41(15-17-42)12-5-13-43-26-8-2-3-9-28(26)46-29-11-10-24(21-27(29)43)32(35,36)37/h2-4,6-11,21-22H,5,12-20H2,1H3. The van der Waals surface area contributed by atoms with Crippen LogP contribution in [0.5, 0.6) is 0 Å². The van der Waals surface area contributed by atoms with Gasteiger partial charge in [-0.05, 0) is 73.6 Å². The number of piperazine rings is 1. The number of para-hydroxylation sites is 1. The van der Waals surface area contributed by atoms with Crippen LogP contribution in [-0.2, 0) is 23.5 Å². The number of hydrogen-bond donors (Lipinski definition) is 0. The van der Waals surface area contributed by atoms with Crippen LogP contribution in [0.3, 0.4) is 0 Å². The third-order valence-corrected chi connectivity index (χ3v) is 9.89. The number of nitrogens with zero attached hydrogens (tertiary/aromatic N) is 3. The predicted molar refractivity (Wildman–Crippen MR) is 169 cm³/mol. The summed E-state index contributed by atoms with van der Waals surface area (Å²) in [6.45, 7) is 7.31. The van der Waals surface area contributed by atoms with Gasteiger partial charge in [-0.25, -0.2) is 4.39 Å². The van der Waals surface area contributed by atoms with E-state index in [-0.39, 0.29) is 17.0 Å². The van der Waals surface area contributed by atoms with Gasteiger partial charge in [-0.2, -0.15) is 26.3 Å². The lowest BCUT2D eigenvalue weighted by molar-refractivity contribution is -0.140. The van der Waals surface area contributed by atoms with Crippen molar-refractivity contribution in [2.75, 3.05) is 57.3 Å². The molecule has 248 valence electrons. The maximum atomic E-state index is 14.4. The fraction of sp³-hybridized carbons (Fsp3) is 0.424. The van der Waals surface area contributed by atoms with Crippen molar-refractivity contribution < 1.29 is 35.5 Å². The van der Waals surface area contributed by atoms with Gasteiger partial charge in [0.15, 0.2) is 5.05 Å². The molecular formula is C33H34F7N3OS2. The summed E-state index contributed by atoms with van der Waals surface area (Å²) in [6, 6.07) is 14.9. The maximum absolute atomic E-state index is 14.4. The van der Waals surface area contributed by atoms with Crippen molar-refractivity contribution in [1.29, 1.82) is 0 Å². The number of ether oxygens (including phenoxy) is 1. The molecule has 2 heterocycles. The highest BCUT2D eigenvalue weighted by atomic mass is 32.2. The Morgan fingerprint density at radius 3 is 2.20 bits per heavy atom. The highest BCUT2D eigenvalue weighted by Gasteiger charge is 2.35. The Morgan fingerprint density at radius 2 is 1.50 bits per heavy atom. The Labute approximate surface area is 273 Å². The van der Waals surface area contributed by atoms with Crippen LogP contribution in [0.2, 0.25) is 0 Å². The van der Waals surface area contributed by atoms with Gasteiger partial charge in [0, 0.05) is 55.0 Å². The van der Waals surface area contributed by atoms with Gasteiger partial charge in [0.25, 0.3) is 0 Å². The number of thiocarbonyl (C=S) groups is 1. The average Bonchev–Trinajstić information content (AvgIpc) is 3.01. The van der Waals surface area contributed by atoms with Crippen molar-refractivity contribution in [3.63, 3.8) is 0 Å². The van der Waals surface area contributed by atoms with E-state index in [4.69, 9.17) is 17.0 Å². The van der Waals surface area contributed by atoms with Crippen LogP contribution in [-0.4, -0.2) is 67.3 Å². The van der Waals surface area contributed by atoms with E-state index in [1.54, 1.807) is 13.0 Å². The lowest BCUT2D eigenvalue weighted by atomic mass is 9.99. The Kier molecular flexibility index (Phi) is 10.9. The van der Waals surface area contributed by atoms with Crippen molar-refractivity contribution in [2.24, 2.45) is 5.92 Å². The molecule has 3 aromatic carbocycles. The Morgan fingerprint density at radius 1 is 0.826 bits per heavy atom. The minimum Gasteiger partial charge on any atom is -0.485 e. The van der Waals surface area contributed by atoms with Crippen molar-refractivity contribution in [3.05, 3.63) is 83.2 Å². The van der Waals surface area contributed by atoms with Gasteiger partial charge >= 0.3 is 12.4 Å². The summed E-state index contributed by atoms with van der Waals surface area (Å²) in [4.78, 5) is 8.39. The topological polar surface area (TPSA) is 19.0 Å². The molecule has 5 rings (SSSR count).